The van der Waals surface area contributed by atoms with Gasteiger partial charge in [-0.05, 0) is 47.4 Å². The quantitative estimate of drug-likeness (QED) is 0.894. The minimum absolute atomic E-state index is 0.485. The van der Waals surface area contributed by atoms with Crippen LogP contribution < -0.4 is 10.6 Å². The molecule has 1 atom stereocenters. The Kier molecular flexibility index (Phi) is 5.05. The summed E-state index contributed by atoms with van der Waals surface area (Å²) in [5.41, 5.74) is 5.63. The minimum atomic E-state index is 0.485. The normalized spacial score (nSPS) is 12.5. The maximum atomic E-state index is 5.63. The molecule has 0 fully saturated rings. The molecule has 0 bridgehead atoms. The number of anilines is 1. The molecule has 1 aromatic heterocycles. The molecule has 0 aliphatic rings. The molecule has 1 aromatic rings. The fourth-order valence-electron chi connectivity index (χ4n) is 1.43. The lowest BCUT2D eigenvalue weighted by molar-refractivity contribution is 0.572. The summed E-state index contributed by atoms with van der Waals surface area (Å²) < 4.78 is 1.04. The topological polar surface area (TPSA) is 42.1 Å². The van der Waals surface area contributed by atoms with Gasteiger partial charge in [-0.1, -0.05) is 6.92 Å². The number of hydrogen-bond acceptors (Lipinski definition) is 3. The fraction of sp³-hybridized carbons (Fsp3) is 0.545. The summed E-state index contributed by atoms with van der Waals surface area (Å²) in [6.45, 7) is 6.88. The van der Waals surface area contributed by atoms with E-state index in [4.69, 9.17) is 5.73 Å². The van der Waals surface area contributed by atoms with E-state index in [2.05, 4.69) is 39.7 Å². The van der Waals surface area contributed by atoms with Crippen molar-refractivity contribution in [2.45, 2.75) is 13.8 Å². The van der Waals surface area contributed by atoms with Gasteiger partial charge >= 0.3 is 0 Å². The monoisotopic (exact) mass is 271 g/mol. The highest BCUT2D eigenvalue weighted by atomic mass is 79.9. The number of aromatic nitrogens is 1. The molecule has 1 unspecified atom stereocenters. The second-order valence-corrected chi connectivity index (χ2v) is 4.54. The number of pyridine rings is 1. The van der Waals surface area contributed by atoms with E-state index in [0.29, 0.717) is 12.5 Å². The van der Waals surface area contributed by atoms with Gasteiger partial charge in [-0.25, -0.2) is 4.98 Å². The number of halogens is 1. The molecule has 1 rings (SSSR count). The van der Waals surface area contributed by atoms with Crippen LogP contribution >= 0.6 is 15.9 Å². The van der Waals surface area contributed by atoms with Crippen LogP contribution in [0.2, 0.25) is 0 Å². The highest BCUT2D eigenvalue weighted by Crippen LogP contribution is 2.23. The van der Waals surface area contributed by atoms with E-state index in [9.17, 15) is 0 Å². The lowest BCUT2D eigenvalue weighted by Gasteiger charge is -2.25. The first-order chi connectivity index (χ1) is 7.19. The van der Waals surface area contributed by atoms with Gasteiger partial charge in [-0.3, -0.25) is 0 Å². The van der Waals surface area contributed by atoms with Crippen molar-refractivity contribution in [1.82, 2.24) is 4.98 Å². The number of nitrogens with zero attached hydrogens (tertiary/aromatic N) is 2. The van der Waals surface area contributed by atoms with Gasteiger partial charge in [0.05, 0.1) is 4.47 Å². The van der Waals surface area contributed by atoms with Gasteiger partial charge in [0.2, 0.25) is 0 Å². The molecule has 4 heteroatoms. The Morgan fingerprint density at radius 2 is 2.33 bits per heavy atom. The molecule has 2 N–H and O–H groups in total. The summed E-state index contributed by atoms with van der Waals surface area (Å²) in [6, 6.07) is 3.94. The molecule has 0 aliphatic heterocycles. The van der Waals surface area contributed by atoms with E-state index in [1.165, 1.54) is 0 Å². The zero-order valence-corrected chi connectivity index (χ0v) is 10.9. The van der Waals surface area contributed by atoms with E-state index < -0.39 is 0 Å². The number of nitrogens with two attached hydrogens (primary N) is 1. The van der Waals surface area contributed by atoms with Crippen molar-refractivity contribution in [2.24, 2.45) is 11.7 Å². The van der Waals surface area contributed by atoms with Crippen LogP contribution in [-0.2, 0) is 0 Å². The number of rotatable bonds is 5. The minimum Gasteiger partial charge on any atom is -0.356 e. The predicted octanol–water partition coefficient (Wildman–Crippen LogP) is 2.27. The predicted molar refractivity (Wildman–Crippen MR) is 68.0 cm³/mol. The Hall–Kier alpha value is -0.610. The molecular formula is C11H18BrN3. The molecule has 1 heterocycles. The Labute approximate surface area is 99.8 Å². The van der Waals surface area contributed by atoms with Crippen molar-refractivity contribution >= 4 is 21.7 Å². The van der Waals surface area contributed by atoms with E-state index in [-0.39, 0.29) is 0 Å². The molecule has 0 saturated carbocycles. The third kappa shape index (κ3) is 3.47. The van der Waals surface area contributed by atoms with Crippen molar-refractivity contribution in [3.63, 3.8) is 0 Å². The molecule has 0 spiro atoms. The molecule has 0 saturated heterocycles. The van der Waals surface area contributed by atoms with Crippen molar-refractivity contribution in [1.29, 1.82) is 0 Å². The first-order valence-electron chi connectivity index (χ1n) is 5.24. The molecule has 0 aliphatic carbocycles. The van der Waals surface area contributed by atoms with Crippen LogP contribution in [0.4, 0.5) is 5.82 Å². The number of hydrogen-bond donors (Lipinski definition) is 1. The SMILES string of the molecule is CCN(CC(C)CN)c1ncccc1Br. The summed E-state index contributed by atoms with van der Waals surface area (Å²) in [6.07, 6.45) is 1.82. The van der Waals surface area contributed by atoms with Crippen LogP contribution in [0.3, 0.4) is 0 Å². The molecule has 84 valence electrons. The molecule has 0 amide bonds. The van der Waals surface area contributed by atoms with Gasteiger partial charge in [0.25, 0.3) is 0 Å². The average Bonchev–Trinajstić information content (AvgIpc) is 2.26. The second-order valence-electron chi connectivity index (χ2n) is 3.69. The first kappa shape index (κ1) is 12.5. The lowest BCUT2D eigenvalue weighted by Crippen LogP contribution is -2.32. The Morgan fingerprint density at radius 3 is 2.87 bits per heavy atom. The van der Waals surface area contributed by atoms with Crippen LogP contribution in [0.25, 0.3) is 0 Å². The summed E-state index contributed by atoms with van der Waals surface area (Å²) in [5.74, 6) is 1.49. The summed E-state index contributed by atoms with van der Waals surface area (Å²) >= 11 is 3.51. The van der Waals surface area contributed by atoms with Crippen LogP contribution in [-0.4, -0.2) is 24.6 Å². The van der Waals surface area contributed by atoms with Gasteiger partial charge in [-0.2, -0.15) is 0 Å². The lowest BCUT2D eigenvalue weighted by atomic mass is 10.1. The van der Waals surface area contributed by atoms with Crippen LogP contribution in [0.1, 0.15) is 13.8 Å². The molecule has 0 aromatic carbocycles. The van der Waals surface area contributed by atoms with E-state index in [1.807, 2.05) is 18.3 Å². The highest BCUT2D eigenvalue weighted by Gasteiger charge is 2.11. The smallest absolute Gasteiger partial charge is 0.142 e. The van der Waals surface area contributed by atoms with Crippen LogP contribution in [0.15, 0.2) is 22.8 Å². The van der Waals surface area contributed by atoms with Gasteiger partial charge in [0.15, 0.2) is 0 Å². The van der Waals surface area contributed by atoms with E-state index in [1.54, 1.807) is 0 Å². The largest absolute Gasteiger partial charge is 0.356 e. The van der Waals surface area contributed by atoms with Crippen molar-refractivity contribution < 1.29 is 0 Å². The van der Waals surface area contributed by atoms with Crippen molar-refractivity contribution in [3.8, 4) is 0 Å². The van der Waals surface area contributed by atoms with Gasteiger partial charge in [0.1, 0.15) is 5.82 Å². The zero-order chi connectivity index (χ0) is 11.3. The van der Waals surface area contributed by atoms with Gasteiger partial charge in [-0.15, -0.1) is 0 Å². The fourth-order valence-corrected chi connectivity index (χ4v) is 1.93. The summed E-state index contributed by atoms with van der Waals surface area (Å²) in [5, 5.41) is 0. The van der Waals surface area contributed by atoms with Crippen molar-refractivity contribution in [3.05, 3.63) is 22.8 Å². The third-order valence-corrected chi connectivity index (χ3v) is 2.97. The maximum Gasteiger partial charge on any atom is 0.142 e. The van der Waals surface area contributed by atoms with Crippen molar-refractivity contribution in [2.75, 3.05) is 24.5 Å². The molecule has 3 nitrogen and oxygen atoms in total. The molecule has 0 radical (unpaired) electrons. The van der Waals surface area contributed by atoms with Gasteiger partial charge < -0.3 is 10.6 Å². The summed E-state index contributed by atoms with van der Waals surface area (Å²) in [7, 11) is 0. The Bertz CT molecular complexity index is 304. The highest BCUT2D eigenvalue weighted by molar-refractivity contribution is 9.10. The second kappa shape index (κ2) is 6.08. The molecule has 15 heavy (non-hydrogen) atoms. The summed E-state index contributed by atoms with van der Waals surface area (Å²) in [4.78, 5) is 6.61. The van der Waals surface area contributed by atoms with Crippen LogP contribution in [0, 0.1) is 5.92 Å². The third-order valence-electron chi connectivity index (χ3n) is 2.35. The Morgan fingerprint density at radius 1 is 1.60 bits per heavy atom. The van der Waals surface area contributed by atoms with E-state index in [0.717, 1.165) is 23.4 Å². The average molecular weight is 272 g/mol. The van der Waals surface area contributed by atoms with E-state index >= 15 is 0 Å². The first-order valence-corrected chi connectivity index (χ1v) is 6.03. The standard InChI is InChI=1S/C11H18BrN3/c1-3-15(8-9(2)7-13)11-10(12)5-4-6-14-11/h4-6,9H,3,7-8,13H2,1-2H3. The van der Waals surface area contributed by atoms with Crippen LogP contribution in [0.5, 0.6) is 0 Å². The van der Waals surface area contributed by atoms with Gasteiger partial charge in [0, 0.05) is 19.3 Å². The Balaban J connectivity index is 2.78. The maximum absolute atomic E-state index is 5.63. The molecular weight excluding hydrogens is 254 g/mol. The zero-order valence-electron chi connectivity index (χ0n) is 9.28.